The third kappa shape index (κ3) is 3.28. The molecule has 2 aliphatic rings. The van der Waals surface area contributed by atoms with E-state index in [1.807, 2.05) is 18.7 Å². The van der Waals surface area contributed by atoms with E-state index in [1.54, 1.807) is 11.6 Å². The first-order chi connectivity index (χ1) is 11.5. The van der Waals surface area contributed by atoms with Crippen LogP contribution in [0, 0.1) is 5.92 Å². The molecule has 134 valence electrons. The highest BCUT2D eigenvalue weighted by Crippen LogP contribution is 2.30. The molecule has 1 aromatic rings. The molecule has 1 atom stereocenters. The predicted octanol–water partition coefficient (Wildman–Crippen LogP) is 2.45. The van der Waals surface area contributed by atoms with Crippen molar-refractivity contribution >= 4 is 5.91 Å². The predicted molar refractivity (Wildman–Crippen MR) is 93.0 cm³/mol. The largest absolute Gasteiger partial charge is 0.345 e. The smallest absolute Gasteiger partial charge is 0.342 e. The van der Waals surface area contributed by atoms with Crippen LogP contribution in [-0.4, -0.2) is 38.2 Å². The Morgan fingerprint density at radius 3 is 2.50 bits per heavy atom. The number of hydrogen-bond acceptors (Lipinski definition) is 3. The van der Waals surface area contributed by atoms with Crippen molar-refractivity contribution in [2.24, 2.45) is 13.0 Å². The number of nitrogens with zero attached hydrogens (tertiary/aromatic N) is 4. The first-order valence-corrected chi connectivity index (χ1v) is 9.43. The highest BCUT2D eigenvalue weighted by molar-refractivity contribution is 5.79. The SMILES string of the molecule is CC(C)n1c(C2CCCN(C(=O)C3CCCCC3)C2)nn(C)c1=O. The van der Waals surface area contributed by atoms with Crippen LogP contribution in [0.3, 0.4) is 0 Å². The molecule has 0 N–H and O–H groups in total. The molecule has 2 heterocycles. The number of carbonyl (C=O) groups is 1. The zero-order chi connectivity index (χ0) is 17.3. The first-order valence-electron chi connectivity index (χ1n) is 9.43. The van der Waals surface area contributed by atoms with Crippen LogP contribution in [0.25, 0.3) is 0 Å². The van der Waals surface area contributed by atoms with Gasteiger partial charge >= 0.3 is 5.69 Å². The highest BCUT2D eigenvalue weighted by atomic mass is 16.2. The Bertz CT molecular complexity index is 640. The van der Waals surface area contributed by atoms with Crippen molar-refractivity contribution in [2.45, 2.75) is 70.8 Å². The van der Waals surface area contributed by atoms with Gasteiger partial charge in [-0.2, -0.15) is 5.10 Å². The van der Waals surface area contributed by atoms with Gasteiger partial charge in [-0.15, -0.1) is 0 Å². The Balaban J connectivity index is 1.77. The van der Waals surface area contributed by atoms with Crippen LogP contribution in [0.15, 0.2) is 4.79 Å². The fraction of sp³-hybridized carbons (Fsp3) is 0.833. The van der Waals surface area contributed by atoms with Crippen LogP contribution in [0.1, 0.15) is 76.6 Å². The van der Waals surface area contributed by atoms with E-state index < -0.39 is 0 Å². The van der Waals surface area contributed by atoms with Gasteiger partial charge in [0.05, 0.1) is 0 Å². The van der Waals surface area contributed by atoms with Gasteiger partial charge in [-0.05, 0) is 39.5 Å². The Hall–Kier alpha value is -1.59. The van der Waals surface area contributed by atoms with Gasteiger partial charge in [0.15, 0.2) is 0 Å². The summed E-state index contributed by atoms with van der Waals surface area (Å²) in [6.45, 7) is 5.59. The first kappa shape index (κ1) is 17.2. The second kappa shape index (κ2) is 7.11. The number of amides is 1. The van der Waals surface area contributed by atoms with Crippen molar-refractivity contribution in [1.29, 1.82) is 0 Å². The van der Waals surface area contributed by atoms with Gasteiger partial charge in [0, 0.05) is 38.0 Å². The number of aryl methyl sites for hydroxylation is 1. The lowest BCUT2D eigenvalue weighted by atomic mass is 9.87. The summed E-state index contributed by atoms with van der Waals surface area (Å²) >= 11 is 0. The summed E-state index contributed by atoms with van der Waals surface area (Å²) in [5.74, 6) is 1.56. The third-order valence-corrected chi connectivity index (χ3v) is 5.55. The summed E-state index contributed by atoms with van der Waals surface area (Å²) in [5, 5.41) is 4.49. The maximum atomic E-state index is 12.9. The molecule has 1 saturated heterocycles. The van der Waals surface area contributed by atoms with E-state index in [4.69, 9.17) is 0 Å². The number of rotatable bonds is 3. The van der Waals surface area contributed by atoms with Crippen molar-refractivity contribution in [3.05, 3.63) is 16.3 Å². The maximum Gasteiger partial charge on any atom is 0.345 e. The molecular weight excluding hydrogens is 304 g/mol. The molecule has 0 bridgehead atoms. The Kier molecular flexibility index (Phi) is 5.11. The summed E-state index contributed by atoms with van der Waals surface area (Å²) in [7, 11) is 1.71. The van der Waals surface area contributed by atoms with Gasteiger partial charge in [-0.25, -0.2) is 9.48 Å². The molecule has 0 radical (unpaired) electrons. The minimum Gasteiger partial charge on any atom is -0.342 e. The molecular formula is C18H30N4O2. The van der Waals surface area contributed by atoms with Crippen molar-refractivity contribution in [3.63, 3.8) is 0 Å². The van der Waals surface area contributed by atoms with Crippen molar-refractivity contribution in [3.8, 4) is 0 Å². The molecule has 1 amide bonds. The van der Waals surface area contributed by atoms with Gasteiger partial charge < -0.3 is 4.90 Å². The Labute approximate surface area is 143 Å². The topological polar surface area (TPSA) is 60.1 Å². The Morgan fingerprint density at radius 1 is 1.12 bits per heavy atom. The van der Waals surface area contributed by atoms with E-state index in [0.717, 1.165) is 38.1 Å². The molecule has 1 aromatic heterocycles. The third-order valence-electron chi connectivity index (χ3n) is 5.55. The summed E-state index contributed by atoms with van der Waals surface area (Å²) in [5.41, 5.74) is -0.0595. The van der Waals surface area contributed by atoms with E-state index in [2.05, 4.69) is 5.10 Å². The lowest BCUT2D eigenvalue weighted by molar-refractivity contribution is -0.137. The monoisotopic (exact) mass is 334 g/mol. The van der Waals surface area contributed by atoms with Crippen molar-refractivity contribution in [1.82, 2.24) is 19.2 Å². The summed E-state index contributed by atoms with van der Waals surface area (Å²) < 4.78 is 3.22. The summed E-state index contributed by atoms with van der Waals surface area (Å²) in [6.07, 6.45) is 7.70. The molecule has 0 spiro atoms. The van der Waals surface area contributed by atoms with Crippen molar-refractivity contribution < 1.29 is 4.79 Å². The second-order valence-corrected chi connectivity index (χ2v) is 7.69. The van der Waals surface area contributed by atoms with Gasteiger partial charge in [-0.3, -0.25) is 9.36 Å². The number of aromatic nitrogens is 3. The van der Waals surface area contributed by atoms with Gasteiger partial charge in [0.25, 0.3) is 0 Å². The van der Waals surface area contributed by atoms with Crippen LogP contribution in [-0.2, 0) is 11.8 Å². The molecule has 0 aromatic carbocycles. The average Bonchev–Trinajstić information content (AvgIpc) is 2.90. The number of carbonyl (C=O) groups excluding carboxylic acids is 1. The molecule has 1 aliphatic carbocycles. The summed E-state index contributed by atoms with van der Waals surface area (Å²) in [4.78, 5) is 27.2. The van der Waals surface area contributed by atoms with Crippen molar-refractivity contribution in [2.75, 3.05) is 13.1 Å². The highest BCUT2D eigenvalue weighted by Gasteiger charge is 2.32. The number of likely N-dealkylation sites (tertiary alicyclic amines) is 1. The molecule has 1 unspecified atom stereocenters. The van der Waals surface area contributed by atoms with Gasteiger partial charge in [0.1, 0.15) is 5.82 Å². The van der Waals surface area contributed by atoms with E-state index >= 15 is 0 Å². The van der Waals surface area contributed by atoms with Crippen LogP contribution >= 0.6 is 0 Å². The molecule has 6 heteroatoms. The standard InChI is InChI=1S/C18H30N4O2/c1-13(2)22-16(19-20(3)18(22)24)15-10-7-11-21(12-15)17(23)14-8-5-4-6-9-14/h13-15H,4-12H2,1-3H3. The van der Waals surface area contributed by atoms with Crippen LogP contribution in [0.2, 0.25) is 0 Å². The Morgan fingerprint density at radius 2 is 1.83 bits per heavy atom. The van der Waals surface area contributed by atoms with E-state index in [0.29, 0.717) is 12.5 Å². The van der Waals surface area contributed by atoms with Crippen LogP contribution < -0.4 is 5.69 Å². The molecule has 24 heavy (non-hydrogen) atoms. The zero-order valence-corrected chi connectivity index (χ0v) is 15.2. The second-order valence-electron chi connectivity index (χ2n) is 7.69. The molecule has 2 fully saturated rings. The average molecular weight is 334 g/mol. The lowest BCUT2D eigenvalue weighted by Gasteiger charge is -2.35. The fourth-order valence-corrected chi connectivity index (χ4v) is 4.26. The zero-order valence-electron chi connectivity index (χ0n) is 15.2. The minimum atomic E-state index is -0.0595. The minimum absolute atomic E-state index is 0.0595. The van der Waals surface area contributed by atoms with Crippen LogP contribution in [0.4, 0.5) is 0 Å². The summed E-state index contributed by atoms with van der Waals surface area (Å²) in [6, 6.07) is 0.0885. The maximum absolute atomic E-state index is 12.9. The molecule has 3 rings (SSSR count). The quantitative estimate of drug-likeness (QED) is 0.853. The normalized spacial score (nSPS) is 23.0. The van der Waals surface area contributed by atoms with Gasteiger partial charge in [-0.1, -0.05) is 19.3 Å². The van der Waals surface area contributed by atoms with E-state index in [1.165, 1.54) is 23.9 Å². The number of hydrogen-bond donors (Lipinski definition) is 0. The lowest BCUT2D eigenvalue weighted by Crippen LogP contribution is -2.43. The molecule has 1 aliphatic heterocycles. The fourth-order valence-electron chi connectivity index (χ4n) is 4.26. The van der Waals surface area contributed by atoms with E-state index in [9.17, 15) is 9.59 Å². The number of piperidine rings is 1. The van der Waals surface area contributed by atoms with E-state index in [-0.39, 0.29) is 23.6 Å². The molecule has 1 saturated carbocycles. The van der Waals surface area contributed by atoms with Gasteiger partial charge in [0.2, 0.25) is 5.91 Å². The van der Waals surface area contributed by atoms with Crippen LogP contribution in [0.5, 0.6) is 0 Å². The molecule has 6 nitrogen and oxygen atoms in total.